The number of aromatic nitrogens is 1. The number of β-amino-alcohol motifs (C(OH)–C–C–N with tert-alkyl or cyclic N) is 1. The number of aliphatic hydroxyl groups is 1. The number of halogens is 1. The van der Waals surface area contributed by atoms with Crippen molar-refractivity contribution < 1.29 is 9.84 Å². The molecule has 1 atom stereocenters. The highest BCUT2D eigenvalue weighted by Crippen LogP contribution is 2.18. The first-order chi connectivity index (χ1) is 11.7. The molecule has 1 fully saturated rings. The van der Waals surface area contributed by atoms with Crippen LogP contribution in [0.5, 0.6) is 5.75 Å². The summed E-state index contributed by atoms with van der Waals surface area (Å²) in [5, 5.41) is 10.2. The molecule has 1 aliphatic rings. The molecule has 5 nitrogen and oxygen atoms in total. The van der Waals surface area contributed by atoms with Gasteiger partial charge < -0.3 is 14.7 Å². The molecule has 2 heterocycles. The summed E-state index contributed by atoms with van der Waals surface area (Å²) in [5.41, 5.74) is 0. The number of pyridine rings is 1. The Kier molecular flexibility index (Phi) is 6.07. The van der Waals surface area contributed by atoms with E-state index in [9.17, 15) is 5.11 Å². The minimum absolute atomic E-state index is 0.302. The fourth-order valence-electron chi connectivity index (χ4n) is 2.80. The van der Waals surface area contributed by atoms with Gasteiger partial charge in [-0.15, -0.1) is 0 Å². The van der Waals surface area contributed by atoms with E-state index < -0.39 is 6.10 Å². The first kappa shape index (κ1) is 17.2. The summed E-state index contributed by atoms with van der Waals surface area (Å²) >= 11 is 3.41. The topological polar surface area (TPSA) is 48.8 Å². The standard InChI is InChI=1S/C18H22BrN3O2/c19-15-4-3-5-17(12-15)24-14-16(23)13-21-8-10-22(11-9-21)18-6-1-2-7-20-18/h1-7,12,16,23H,8-11,13-14H2. The van der Waals surface area contributed by atoms with E-state index >= 15 is 0 Å². The first-order valence-corrected chi connectivity index (χ1v) is 8.95. The van der Waals surface area contributed by atoms with Gasteiger partial charge in [-0.2, -0.15) is 0 Å². The SMILES string of the molecule is OC(COc1cccc(Br)c1)CN1CCN(c2ccccn2)CC1. The molecule has 0 radical (unpaired) electrons. The van der Waals surface area contributed by atoms with Crippen LogP contribution in [-0.2, 0) is 0 Å². The van der Waals surface area contributed by atoms with Gasteiger partial charge in [0.25, 0.3) is 0 Å². The number of anilines is 1. The Hall–Kier alpha value is -1.63. The van der Waals surface area contributed by atoms with Gasteiger partial charge in [0.2, 0.25) is 0 Å². The summed E-state index contributed by atoms with van der Waals surface area (Å²) in [6.07, 6.45) is 1.33. The minimum atomic E-state index is -0.495. The molecule has 1 aromatic carbocycles. The molecular formula is C18H22BrN3O2. The van der Waals surface area contributed by atoms with E-state index in [0.717, 1.165) is 42.2 Å². The number of nitrogens with zero attached hydrogens (tertiary/aromatic N) is 3. The van der Waals surface area contributed by atoms with E-state index in [-0.39, 0.29) is 0 Å². The Morgan fingerprint density at radius 3 is 2.67 bits per heavy atom. The van der Waals surface area contributed by atoms with Gasteiger partial charge in [-0.3, -0.25) is 4.90 Å². The van der Waals surface area contributed by atoms with Gasteiger partial charge in [-0.1, -0.05) is 28.1 Å². The number of hydrogen-bond acceptors (Lipinski definition) is 5. The number of piperazine rings is 1. The third kappa shape index (κ3) is 4.93. The average Bonchev–Trinajstić information content (AvgIpc) is 2.61. The molecule has 0 spiro atoms. The highest BCUT2D eigenvalue weighted by atomic mass is 79.9. The van der Waals surface area contributed by atoms with Crippen LogP contribution in [0.3, 0.4) is 0 Å². The van der Waals surface area contributed by atoms with Crippen LogP contribution >= 0.6 is 15.9 Å². The Morgan fingerprint density at radius 1 is 1.12 bits per heavy atom. The van der Waals surface area contributed by atoms with Gasteiger partial charge in [0.1, 0.15) is 24.3 Å². The van der Waals surface area contributed by atoms with Crippen molar-refractivity contribution in [1.29, 1.82) is 0 Å². The van der Waals surface area contributed by atoms with Crippen LogP contribution in [0.4, 0.5) is 5.82 Å². The first-order valence-electron chi connectivity index (χ1n) is 8.15. The molecule has 1 saturated heterocycles. The second-order valence-corrected chi connectivity index (χ2v) is 6.81. The number of benzene rings is 1. The molecule has 2 aromatic rings. The van der Waals surface area contributed by atoms with Crippen molar-refractivity contribution in [3.63, 3.8) is 0 Å². The summed E-state index contributed by atoms with van der Waals surface area (Å²) in [4.78, 5) is 8.94. The summed E-state index contributed by atoms with van der Waals surface area (Å²) in [6, 6.07) is 13.6. The van der Waals surface area contributed by atoms with Crippen LogP contribution in [0.15, 0.2) is 53.1 Å². The van der Waals surface area contributed by atoms with Crippen molar-refractivity contribution in [2.24, 2.45) is 0 Å². The van der Waals surface area contributed by atoms with Crippen LogP contribution in [-0.4, -0.2) is 60.4 Å². The number of aliphatic hydroxyl groups excluding tert-OH is 1. The lowest BCUT2D eigenvalue weighted by Gasteiger charge is -2.36. The average molecular weight is 392 g/mol. The van der Waals surface area contributed by atoms with Crippen LogP contribution in [0, 0.1) is 0 Å². The van der Waals surface area contributed by atoms with Crippen LogP contribution < -0.4 is 9.64 Å². The molecule has 1 aliphatic heterocycles. The third-order valence-electron chi connectivity index (χ3n) is 4.05. The van der Waals surface area contributed by atoms with Crippen molar-refractivity contribution in [2.45, 2.75) is 6.10 Å². The Labute approximate surface area is 151 Å². The summed E-state index contributed by atoms with van der Waals surface area (Å²) in [7, 11) is 0. The van der Waals surface area contributed by atoms with Gasteiger partial charge in [0.05, 0.1) is 0 Å². The van der Waals surface area contributed by atoms with Crippen molar-refractivity contribution in [2.75, 3.05) is 44.2 Å². The zero-order chi connectivity index (χ0) is 16.8. The van der Waals surface area contributed by atoms with Gasteiger partial charge >= 0.3 is 0 Å². The normalized spacial score (nSPS) is 16.8. The van der Waals surface area contributed by atoms with Gasteiger partial charge in [-0.05, 0) is 30.3 Å². The minimum Gasteiger partial charge on any atom is -0.491 e. The summed E-state index contributed by atoms with van der Waals surface area (Å²) < 4.78 is 6.63. The quantitative estimate of drug-likeness (QED) is 0.818. The fourth-order valence-corrected chi connectivity index (χ4v) is 3.18. The number of ether oxygens (including phenoxy) is 1. The van der Waals surface area contributed by atoms with Crippen molar-refractivity contribution in [3.8, 4) is 5.75 Å². The number of rotatable bonds is 6. The van der Waals surface area contributed by atoms with E-state index in [1.165, 1.54) is 0 Å². The predicted molar refractivity (Wildman–Crippen MR) is 98.5 cm³/mol. The Balaban J connectivity index is 1.41. The zero-order valence-corrected chi connectivity index (χ0v) is 15.1. The van der Waals surface area contributed by atoms with Crippen LogP contribution in [0.2, 0.25) is 0 Å². The maximum absolute atomic E-state index is 10.2. The van der Waals surface area contributed by atoms with E-state index in [4.69, 9.17) is 4.74 Å². The molecule has 0 aliphatic carbocycles. The second-order valence-electron chi connectivity index (χ2n) is 5.90. The molecule has 0 saturated carbocycles. The molecule has 1 aromatic heterocycles. The molecule has 6 heteroatoms. The Morgan fingerprint density at radius 2 is 1.96 bits per heavy atom. The van der Waals surface area contributed by atoms with Crippen LogP contribution in [0.25, 0.3) is 0 Å². The van der Waals surface area contributed by atoms with Crippen molar-refractivity contribution >= 4 is 21.7 Å². The lowest BCUT2D eigenvalue weighted by atomic mass is 10.2. The predicted octanol–water partition coefficient (Wildman–Crippen LogP) is 2.41. The maximum Gasteiger partial charge on any atom is 0.128 e. The molecule has 0 bridgehead atoms. The largest absolute Gasteiger partial charge is 0.491 e. The highest BCUT2D eigenvalue weighted by molar-refractivity contribution is 9.10. The smallest absolute Gasteiger partial charge is 0.128 e. The van der Waals surface area contributed by atoms with Crippen molar-refractivity contribution in [1.82, 2.24) is 9.88 Å². The maximum atomic E-state index is 10.2. The van der Waals surface area contributed by atoms with E-state index in [0.29, 0.717) is 13.2 Å². The van der Waals surface area contributed by atoms with Crippen molar-refractivity contribution in [3.05, 3.63) is 53.1 Å². The monoisotopic (exact) mass is 391 g/mol. The zero-order valence-electron chi connectivity index (χ0n) is 13.5. The molecule has 0 amide bonds. The third-order valence-corrected chi connectivity index (χ3v) is 4.55. The Bertz CT molecular complexity index is 633. The van der Waals surface area contributed by atoms with E-state index in [1.54, 1.807) is 0 Å². The lowest BCUT2D eigenvalue weighted by molar-refractivity contribution is 0.0662. The number of hydrogen-bond donors (Lipinski definition) is 1. The molecule has 24 heavy (non-hydrogen) atoms. The van der Waals surface area contributed by atoms with E-state index in [1.807, 2.05) is 48.7 Å². The fraction of sp³-hybridized carbons (Fsp3) is 0.389. The van der Waals surface area contributed by atoms with Gasteiger partial charge in [0.15, 0.2) is 0 Å². The second kappa shape index (κ2) is 8.46. The summed E-state index contributed by atoms with van der Waals surface area (Å²) in [5.74, 6) is 1.79. The molecule has 3 rings (SSSR count). The molecule has 1 N–H and O–H groups in total. The highest BCUT2D eigenvalue weighted by Gasteiger charge is 2.20. The van der Waals surface area contributed by atoms with Crippen LogP contribution in [0.1, 0.15) is 0 Å². The summed E-state index contributed by atoms with van der Waals surface area (Å²) in [6.45, 7) is 4.63. The van der Waals surface area contributed by atoms with E-state index in [2.05, 4.69) is 30.7 Å². The molecule has 1 unspecified atom stereocenters. The molecular weight excluding hydrogens is 370 g/mol. The molecule has 128 valence electrons. The lowest BCUT2D eigenvalue weighted by Crippen LogP contribution is -2.49. The van der Waals surface area contributed by atoms with Gasteiger partial charge in [0, 0.05) is 43.4 Å². The van der Waals surface area contributed by atoms with Gasteiger partial charge in [-0.25, -0.2) is 4.98 Å².